The zero-order valence-corrected chi connectivity index (χ0v) is 15.2. The van der Waals surface area contributed by atoms with E-state index in [4.69, 9.17) is 23.1 Å². The van der Waals surface area contributed by atoms with E-state index in [1.165, 1.54) is 5.56 Å². The average molecular weight is 356 g/mol. The first-order valence-electron chi connectivity index (χ1n) is 8.28. The average Bonchev–Trinajstić information content (AvgIpc) is 2.62. The Labute approximate surface area is 153 Å². The normalized spacial score (nSPS) is 12.2. The van der Waals surface area contributed by atoms with Gasteiger partial charge in [-0.25, -0.2) is 0 Å². The van der Waals surface area contributed by atoms with E-state index in [0.717, 1.165) is 29.5 Å². The van der Waals surface area contributed by atoms with Crippen LogP contribution in [0.2, 0.25) is 5.02 Å². The number of benzene rings is 2. The Hall–Kier alpha value is -2.59. The van der Waals surface area contributed by atoms with Gasteiger partial charge in [0.15, 0.2) is 5.96 Å². The molecule has 4 nitrogen and oxygen atoms in total. The van der Waals surface area contributed by atoms with Crippen LogP contribution in [0, 0.1) is 0 Å². The van der Waals surface area contributed by atoms with Crippen LogP contribution >= 0.6 is 11.6 Å². The van der Waals surface area contributed by atoms with Crippen molar-refractivity contribution < 1.29 is 4.79 Å². The second-order valence-corrected chi connectivity index (χ2v) is 5.82. The Morgan fingerprint density at radius 2 is 1.88 bits per heavy atom. The molecule has 1 amide bonds. The molecule has 3 rings (SSSR count). The van der Waals surface area contributed by atoms with Gasteiger partial charge in [0, 0.05) is 10.6 Å². The summed E-state index contributed by atoms with van der Waals surface area (Å²) in [5.74, 6) is -0.679. The standard InChI is InChI=1S/C18H16ClN3O.C2H6/c19-14-5-1-4-12(9-14)15-6-2-3-11-7-8-13(10-16(11)15)17(23)22-18(20)21;1-2/h1,4-10H,2-3H2,(H4,20,21,22,23);1-2H3. The summed E-state index contributed by atoms with van der Waals surface area (Å²) in [5.41, 5.74) is 15.4. The van der Waals surface area contributed by atoms with E-state index >= 15 is 0 Å². The Balaban J connectivity index is 0.00000109. The predicted octanol–water partition coefficient (Wildman–Crippen LogP) is 4.16. The van der Waals surface area contributed by atoms with Crippen molar-refractivity contribution in [3.63, 3.8) is 0 Å². The molecular weight excluding hydrogens is 334 g/mol. The Morgan fingerprint density at radius 3 is 2.56 bits per heavy atom. The molecule has 0 saturated carbocycles. The molecule has 4 N–H and O–H groups in total. The van der Waals surface area contributed by atoms with Crippen LogP contribution in [0.5, 0.6) is 0 Å². The van der Waals surface area contributed by atoms with Gasteiger partial charge >= 0.3 is 0 Å². The summed E-state index contributed by atoms with van der Waals surface area (Å²) in [6.45, 7) is 4.00. The quantitative estimate of drug-likeness (QED) is 0.627. The van der Waals surface area contributed by atoms with Crippen molar-refractivity contribution in [3.05, 3.63) is 75.8 Å². The molecule has 0 aromatic heterocycles. The number of fused-ring (bicyclic) bond motifs is 1. The first-order chi connectivity index (χ1) is 12.0. The number of carbonyl (C=O) groups is 1. The van der Waals surface area contributed by atoms with Gasteiger partial charge in [0.2, 0.25) is 0 Å². The molecule has 130 valence electrons. The van der Waals surface area contributed by atoms with Gasteiger partial charge in [0.1, 0.15) is 0 Å². The van der Waals surface area contributed by atoms with Crippen LogP contribution in [0.15, 0.2) is 53.5 Å². The fraction of sp³-hybridized carbons (Fsp3) is 0.200. The molecule has 0 atom stereocenters. The lowest BCUT2D eigenvalue weighted by Crippen LogP contribution is -2.24. The first kappa shape index (κ1) is 18.7. The molecule has 5 heteroatoms. The minimum Gasteiger partial charge on any atom is -0.370 e. The zero-order chi connectivity index (χ0) is 18.4. The molecule has 2 aromatic rings. The minimum absolute atomic E-state index is 0.238. The van der Waals surface area contributed by atoms with Crippen LogP contribution in [0.1, 0.15) is 47.3 Å². The van der Waals surface area contributed by atoms with Crippen molar-refractivity contribution in [1.29, 1.82) is 0 Å². The van der Waals surface area contributed by atoms with E-state index in [1.54, 1.807) is 6.07 Å². The van der Waals surface area contributed by atoms with Gasteiger partial charge in [-0.05, 0) is 59.4 Å². The first-order valence-corrected chi connectivity index (χ1v) is 8.66. The third kappa shape index (κ3) is 4.48. The summed E-state index contributed by atoms with van der Waals surface area (Å²) in [5, 5.41) is 0.684. The van der Waals surface area contributed by atoms with Crippen LogP contribution < -0.4 is 11.5 Å². The lowest BCUT2D eigenvalue weighted by atomic mass is 9.86. The fourth-order valence-electron chi connectivity index (χ4n) is 2.77. The molecule has 0 aliphatic heterocycles. The molecular formula is C20H22ClN3O. The predicted molar refractivity (Wildman–Crippen MR) is 105 cm³/mol. The summed E-state index contributed by atoms with van der Waals surface area (Å²) < 4.78 is 0. The van der Waals surface area contributed by atoms with Crippen LogP contribution in [-0.4, -0.2) is 11.9 Å². The van der Waals surface area contributed by atoms with Gasteiger partial charge in [-0.1, -0.05) is 49.7 Å². The largest absolute Gasteiger partial charge is 0.370 e. The molecule has 0 bridgehead atoms. The number of rotatable bonds is 2. The summed E-state index contributed by atoms with van der Waals surface area (Å²) in [7, 11) is 0. The number of aliphatic imine (C=N–C) groups is 1. The molecule has 0 heterocycles. The van der Waals surface area contributed by atoms with Crippen molar-refractivity contribution in [2.45, 2.75) is 26.7 Å². The van der Waals surface area contributed by atoms with Crippen molar-refractivity contribution >= 4 is 29.0 Å². The van der Waals surface area contributed by atoms with Crippen LogP contribution in [0.4, 0.5) is 0 Å². The summed E-state index contributed by atoms with van der Waals surface area (Å²) in [6.07, 6.45) is 4.06. The maximum Gasteiger partial charge on any atom is 0.280 e. The molecule has 2 aromatic carbocycles. The highest BCUT2D eigenvalue weighted by molar-refractivity contribution is 6.30. The number of hydrogen-bond donors (Lipinski definition) is 2. The highest BCUT2D eigenvalue weighted by Gasteiger charge is 2.17. The van der Waals surface area contributed by atoms with Crippen molar-refractivity contribution in [2.75, 3.05) is 0 Å². The molecule has 0 saturated heterocycles. The lowest BCUT2D eigenvalue weighted by Gasteiger charge is -2.19. The number of guanidine groups is 1. The molecule has 0 fully saturated rings. The van der Waals surface area contributed by atoms with E-state index < -0.39 is 5.91 Å². The number of nitrogens with zero attached hydrogens (tertiary/aromatic N) is 1. The highest BCUT2D eigenvalue weighted by atomic mass is 35.5. The lowest BCUT2D eigenvalue weighted by molar-refractivity contribution is 0.100. The van der Waals surface area contributed by atoms with Gasteiger partial charge in [-0.3, -0.25) is 4.79 Å². The van der Waals surface area contributed by atoms with Crippen molar-refractivity contribution in [1.82, 2.24) is 0 Å². The Morgan fingerprint density at radius 1 is 1.12 bits per heavy atom. The minimum atomic E-state index is -0.441. The molecule has 0 spiro atoms. The Bertz CT molecular complexity index is 837. The van der Waals surface area contributed by atoms with Crippen LogP contribution in [0.3, 0.4) is 0 Å². The summed E-state index contributed by atoms with van der Waals surface area (Å²) >= 11 is 6.10. The maximum absolute atomic E-state index is 12.1. The van der Waals surface area contributed by atoms with Gasteiger partial charge in [-0.2, -0.15) is 4.99 Å². The second kappa shape index (κ2) is 8.49. The van der Waals surface area contributed by atoms with Gasteiger partial charge < -0.3 is 11.5 Å². The molecule has 25 heavy (non-hydrogen) atoms. The van der Waals surface area contributed by atoms with Crippen molar-refractivity contribution in [2.24, 2.45) is 16.5 Å². The third-order valence-corrected chi connectivity index (χ3v) is 4.01. The third-order valence-electron chi connectivity index (χ3n) is 3.78. The van der Waals surface area contributed by atoms with E-state index in [-0.39, 0.29) is 5.96 Å². The zero-order valence-electron chi connectivity index (χ0n) is 14.4. The topological polar surface area (TPSA) is 81.5 Å². The van der Waals surface area contributed by atoms with E-state index in [1.807, 2.05) is 50.2 Å². The van der Waals surface area contributed by atoms with E-state index in [2.05, 4.69) is 11.1 Å². The molecule has 1 aliphatic rings. The second-order valence-electron chi connectivity index (χ2n) is 5.38. The summed E-state index contributed by atoms with van der Waals surface area (Å²) in [6, 6.07) is 13.3. The van der Waals surface area contributed by atoms with Crippen LogP contribution in [-0.2, 0) is 6.42 Å². The van der Waals surface area contributed by atoms with Gasteiger partial charge in [-0.15, -0.1) is 0 Å². The highest BCUT2D eigenvalue weighted by Crippen LogP contribution is 2.33. The number of nitrogens with two attached hydrogens (primary N) is 2. The number of carbonyl (C=O) groups excluding carboxylic acids is 1. The number of halogens is 1. The maximum atomic E-state index is 12.1. The fourth-order valence-corrected chi connectivity index (χ4v) is 2.96. The molecule has 1 aliphatic carbocycles. The molecule has 0 radical (unpaired) electrons. The number of allylic oxidation sites excluding steroid dienone is 1. The van der Waals surface area contributed by atoms with E-state index in [0.29, 0.717) is 10.6 Å². The van der Waals surface area contributed by atoms with Gasteiger partial charge in [0.25, 0.3) is 5.91 Å². The van der Waals surface area contributed by atoms with Gasteiger partial charge in [0.05, 0.1) is 0 Å². The van der Waals surface area contributed by atoms with Crippen molar-refractivity contribution in [3.8, 4) is 0 Å². The SMILES string of the molecule is CC.NC(N)=NC(=O)c1ccc2c(c1)C(c1cccc(Cl)c1)=CCC2. The Kier molecular flexibility index (Phi) is 6.37. The number of hydrogen-bond acceptors (Lipinski definition) is 1. The van der Waals surface area contributed by atoms with Crippen LogP contribution in [0.25, 0.3) is 5.57 Å². The smallest absolute Gasteiger partial charge is 0.280 e. The number of aryl methyl sites for hydroxylation is 1. The summed E-state index contributed by atoms with van der Waals surface area (Å²) in [4.78, 5) is 15.7. The monoisotopic (exact) mass is 355 g/mol. The van der Waals surface area contributed by atoms with E-state index in [9.17, 15) is 4.79 Å². The molecule has 0 unspecified atom stereocenters. The number of amides is 1.